The number of furan rings is 1. The van der Waals surface area contributed by atoms with Crippen molar-refractivity contribution < 1.29 is 23.5 Å². The Balaban J connectivity index is 2.69. The fourth-order valence-corrected chi connectivity index (χ4v) is 2.09. The molecule has 1 aromatic rings. The summed E-state index contributed by atoms with van der Waals surface area (Å²) < 4.78 is 10.2. The van der Waals surface area contributed by atoms with Gasteiger partial charge < -0.3 is 19.8 Å². The van der Waals surface area contributed by atoms with Gasteiger partial charge in [0.15, 0.2) is 0 Å². The Morgan fingerprint density at radius 3 is 2.28 bits per heavy atom. The zero-order valence-electron chi connectivity index (χ0n) is 15.7. The van der Waals surface area contributed by atoms with Crippen molar-refractivity contribution in [1.29, 1.82) is 0 Å². The monoisotopic (exact) mass is 352 g/mol. The van der Waals surface area contributed by atoms with E-state index in [1.54, 1.807) is 27.7 Å². The molecule has 0 aromatic carbocycles. The smallest absolute Gasteiger partial charge is 0.329 e. The highest BCUT2D eigenvalue weighted by Gasteiger charge is 2.29. The van der Waals surface area contributed by atoms with Gasteiger partial charge in [-0.25, -0.2) is 4.79 Å². The molecule has 1 rings (SSSR count). The maximum absolute atomic E-state index is 12.4. The molecule has 0 aliphatic carbocycles. The maximum atomic E-state index is 12.4. The topological polar surface area (TPSA) is 97.6 Å². The second kappa shape index (κ2) is 8.69. The first-order valence-corrected chi connectivity index (χ1v) is 8.36. The summed E-state index contributed by atoms with van der Waals surface area (Å²) in [5.74, 6) is -1.17. The van der Waals surface area contributed by atoms with Crippen LogP contribution >= 0.6 is 0 Å². The average molecular weight is 352 g/mol. The van der Waals surface area contributed by atoms with E-state index < -0.39 is 35.5 Å². The van der Waals surface area contributed by atoms with E-state index in [4.69, 9.17) is 9.15 Å². The van der Waals surface area contributed by atoms with Crippen LogP contribution in [0.25, 0.3) is 0 Å². The van der Waals surface area contributed by atoms with Gasteiger partial charge in [0.1, 0.15) is 23.9 Å². The quantitative estimate of drug-likeness (QED) is 0.734. The van der Waals surface area contributed by atoms with E-state index in [2.05, 4.69) is 10.6 Å². The van der Waals surface area contributed by atoms with E-state index in [-0.39, 0.29) is 5.92 Å². The third kappa shape index (κ3) is 7.41. The first kappa shape index (κ1) is 20.7. The zero-order valence-corrected chi connectivity index (χ0v) is 15.7. The second-order valence-electron chi connectivity index (χ2n) is 7.43. The van der Waals surface area contributed by atoms with Gasteiger partial charge in [-0.15, -0.1) is 0 Å². The maximum Gasteiger partial charge on any atom is 0.329 e. The molecule has 0 aliphatic rings. The molecule has 25 heavy (non-hydrogen) atoms. The zero-order chi connectivity index (χ0) is 19.2. The largest absolute Gasteiger partial charge is 0.472 e. The number of carbonyl (C=O) groups excluding carboxylic acids is 3. The highest BCUT2D eigenvalue weighted by Crippen LogP contribution is 2.13. The van der Waals surface area contributed by atoms with Gasteiger partial charge in [0.05, 0.1) is 11.8 Å². The summed E-state index contributed by atoms with van der Waals surface area (Å²) in [4.78, 5) is 36.6. The van der Waals surface area contributed by atoms with Gasteiger partial charge >= 0.3 is 5.97 Å². The van der Waals surface area contributed by atoms with Gasteiger partial charge in [-0.1, -0.05) is 13.8 Å². The number of hydrogen-bond acceptors (Lipinski definition) is 5. The molecule has 2 atom stereocenters. The minimum atomic E-state index is -0.806. The van der Waals surface area contributed by atoms with Gasteiger partial charge in [0.2, 0.25) is 5.91 Å². The van der Waals surface area contributed by atoms with Gasteiger partial charge in [0.25, 0.3) is 5.91 Å². The molecule has 0 saturated carbocycles. The molecule has 0 unspecified atom stereocenters. The number of esters is 1. The molecule has 1 heterocycles. The Kier molecular flexibility index (Phi) is 7.21. The first-order chi connectivity index (χ1) is 11.5. The molecule has 0 saturated heterocycles. The lowest BCUT2D eigenvalue weighted by molar-refractivity contribution is -0.159. The molecular weight excluding hydrogens is 324 g/mol. The Hall–Kier alpha value is -2.31. The van der Waals surface area contributed by atoms with Crippen molar-refractivity contribution in [2.24, 2.45) is 5.92 Å². The normalized spacial score (nSPS) is 13.9. The van der Waals surface area contributed by atoms with Gasteiger partial charge in [-0.05, 0) is 46.1 Å². The van der Waals surface area contributed by atoms with Crippen LogP contribution in [0.1, 0.15) is 58.3 Å². The Morgan fingerprint density at radius 2 is 1.80 bits per heavy atom. The van der Waals surface area contributed by atoms with Crippen molar-refractivity contribution >= 4 is 17.8 Å². The van der Waals surface area contributed by atoms with E-state index >= 15 is 0 Å². The minimum absolute atomic E-state index is 0.189. The van der Waals surface area contributed by atoms with Crippen LogP contribution in [-0.4, -0.2) is 35.5 Å². The van der Waals surface area contributed by atoms with E-state index in [0.717, 1.165) is 0 Å². The van der Waals surface area contributed by atoms with Crippen LogP contribution in [0, 0.1) is 5.92 Å². The lowest BCUT2D eigenvalue weighted by Crippen LogP contribution is -2.51. The van der Waals surface area contributed by atoms with E-state index in [9.17, 15) is 14.4 Å². The molecule has 0 bridgehead atoms. The highest BCUT2D eigenvalue weighted by molar-refractivity contribution is 5.97. The number of ether oxygens (including phenoxy) is 1. The molecule has 0 spiro atoms. The SMILES string of the molecule is CC(C)C[C@@H](NC(=O)[C@H](C)NC(=O)c1ccoc1)C(=O)OC(C)(C)C. The number of rotatable bonds is 7. The van der Waals surface area contributed by atoms with Crippen molar-refractivity contribution in [3.05, 3.63) is 24.2 Å². The summed E-state index contributed by atoms with van der Waals surface area (Å²) >= 11 is 0. The van der Waals surface area contributed by atoms with Crippen LogP contribution in [-0.2, 0) is 14.3 Å². The number of hydrogen-bond donors (Lipinski definition) is 2. The fraction of sp³-hybridized carbons (Fsp3) is 0.611. The summed E-state index contributed by atoms with van der Waals surface area (Å²) in [6, 6.07) is -0.0677. The molecule has 2 amide bonds. The molecule has 0 aliphatic heterocycles. The Morgan fingerprint density at radius 1 is 1.16 bits per heavy atom. The predicted molar refractivity (Wildman–Crippen MR) is 92.9 cm³/mol. The summed E-state index contributed by atoms with van der Waals surface area (Å²) in [5.41, 5.74) is -0.316. The van der Waals surface area contributed by atoms with Crippen LogP contribution in [0.5, 0.6) is 0 Å². The molecule has 7 nitrogen and oxygen atoms in total. The van der Waals surface area contributed by atoms with Gasteiger partial charge in [-0.3, -0.25) is 9.59 Å². The second-order valence-corrected chi connectivity index (χ2v) is 7.43. The highest BCUT2D eigenvalue weighted by atomic mass is 16.6. The first-order valence-electron chi connectivity index (χ1n) is 8.36. The van der Waals surface area contributed by atoms with E-state index in [0.29, 0.717) is 12.0 Å². The van der Waals surface area contributed by atoms with Crippen molar-refractivity contribution in [2.75, 3.05) is 0 Å². The van der Waals surface area contributed by atoms with Crippen molar-refractivity contribution in [2.45, 2.75) is 65.6 Å². The number of carbonyl (C=O) groups is 3. The van der Waals surface area contributed by atoms with Crippen LogP contribution in [0.4, 0.5) is 0 Å². The fourth-order valence-electron chi connectivity index (χ4n) is 2.09. The van der Waals surface area contributed by atoms with Crippen LogP contribution in [0.3, 0.4) is 0 Å². The van der Waals surface area contributed by atoms with Crippen LogP contribution in [0.15, 0.2) is 23.0 Å². The lowest BCUT2D eigenvalue weighted by atomic mass is 10.0. The molecular formula is C18H28N2O5. The molecule has 7 heteroatoms. The van der Waals surface area contributed by atoms with Crippen molar-refractivity contribution in [1.82, 2.24) is 10.6 Å². The minimum Gasteiger partial charge on any atom is -0.472 e. The number of nitrogens with one attached hydrogen (secondary N) is 2. The van der Waals surface area contributed by atoms with Crippen LogP contribution < -0.4 is 10.6 Å². The van der Waals surface area contributed by atoms with Gasteiger partial charge in [0, 0.05) is 0 Å². The molecule has 0 fully saturated rings. The molecule has 2 N–H and O–H groups in total. The number of amides is 2. The van der Waals surface area contributed by atoms with Gasteiger partial charge in [-0.2, -0.15) is 0 Å². The predicted octanol–water partition coefficient (Wildman–Crippen LogP) is 2.27. The standard InChI is InChI=1S/C18H28N2O5/c1-11(2)9-14(17(23)25-18(4,5)6)20-15(21)12(3)19-16(22)13-7-8-24-10-13/h7-8,10-12,14H,9H2,1-6H3,(H,19,22)(H,20,21)/t12-,14+/m0/s1. The lowest BCUT2D eigenvalue weighted by Gasteiger charge is -2.26. The van der Waals surface area contributed by atoms with Crippen molar-refractivity contribution in [3.63, 3.8) is 0 Å². The summed E-state index contributed by atoms with van der Waals surface area (Å²) in [6.07, 6.45) is 3.12. The summed E-state index contributed by atoms with van der Waals surface area (Å²) in [6.45, 7) is 10.8. The molecule has 140 valence electrons. The average Bonchev–Trinajstić information content (AvgIpc) is 2.98. The van der Waals surface area contributed by atoms with E-state index in [1.807, 2.05) is 13.8 Å². The third-order valence-electron chi connectivity index (χ3n) is 3.24. The summed E-state index contributed by atoms with van der Waals surface area (Å²) in [7, 11) is 0. The summed E-state index contributed by atoms with van der Waals surface area (Å²) in [5, 5.41) is 5.23. The molecule has 1 aromatic heterocycles. The third-order valence-corrected chi connectivity index (χ3v) is 3.24. The Bertz CT molecular complexity index is 587. The Labute approximate surface area is 148 Å². The van der Waals surface area contributed by atoms with Crippen molar-refractivity contribution in [3.8, 4) is 0 Å². The van der Waals surface area contributed by atoms with Crippen LogP contribution in [0.2, 0.25) is 0 Å². The van der Waals surface area contributed by atoms with E-state index in [1.165, 1.54) is 18.6 Å². The molecule has 0 radical (unpaired) electrons.